The molecule has 0 spiro atoms. The van der Waals surface area contributed by atoms with Crippen LogP contribution in [0.3, 0.4) is 0 Å². The second-order valence-corrected chi connectivity index (χ2v) is 8.01. The van der Waals surface area contributed by atoms with Crippen molar-refractivity contribution in [3.63, 3.8) is 0 Å². The standard InChI is InChI=1S/C23H33N5O2/c1-24-23(26-16-19-6-2-3-8-22(19)28-14-11-25-18-28)27-12-9-20(10-13-27)30-17-21-7-4-5-15-29-21/h2-3,6,8,11,14,18,20-21H,4-5,7,9-10,12-13,15-17H2,1H3,(H,24,26). The SMILES string of the molecule is CN=C(NCc1ccccc1-n1ccnc1)N1CCC(OCC2CCCCO2)CC1. The zero-order valence-corrected chi connectivity index (χ0v) is 17.9. The van der Waals surface area contributed by atoms with Crippen molar-refractivity contribution >= 4 is 5.96 Å². The summed E-state index contributed by atoms with van der Waals surface area (Å²) in [7, 11) is 1.85. The molecular weight excluding hydrogens is 378 g/mol. The van der Waals surface area contributed by atoms with Gasteiger partial charge in [-0.3, -0.25) is 4.99 Å². The van der Waals surface area contributed by atoms with Crippen molar-refractivity contribution < 1.29 is 9.47 Å². The number of benzene rings is 1. The molecule has 2 fully saturated rings. The van der Waals surface area contributed by atoms with Gasteiger partial charge in [0, 0.05) is 45.7 Å². The number of hydrogen-bond donors (Lipinski definition) is 1. The number of imidazole rings is 1. The second-order valence-electron chi connectivity index (χ2n) is 8.01. The number of para-hydroxylation sites is 1. The van der Waals surface area contributed by atoms with Crippen LogP contribution in [-0.4, -0.2) is 66.0 Å². The molecule has 0 aliphatic carbocycles. The summed E-state index contributed by atoms with van der Waals surface area (Å²) < 4.78 is 14.0. The number of likely N-dealkylation sites (tertiary alicyclic amines) is 1. The van der Waals surface area contributed by atoms with Gasteiger partial charge in [-0.05, 0) is 43.7 Å². The van der Waals surface area contributed by atoms with Gasteiger partial charge in [0.2, 0.25) is 0 Å². The monoisotopic (exact) mass is 411 g/mol. The molecule has 1 atom stereocenters. The van der Waals surface area contributed by atoms with E-state index in [1.54, 1.807) is 6.20 Å². The predicted molar refractivity (Wildman–Crippen MR) is 118 cm³/mol. The first-order valence-corrected chi connectivity index (χ1v) is 11.1. The molecule has 0 saturated carbocycles. The van der Waals surface area contributed by atoms with Crippen molar-refractivity contribution in [3.05, 3.63) is 48.5 Å². The van der Waals surface area contributed by atoms with E-state index in [9.17, 15) is 0 Å². The Labute approximate surface area is 179 Å². The Hall–Kier alpha value is -2.38. The first-order valence-electron chi connectivity index (χ1n) is 11.1. The first-order chi connectivity index (χ1) is 14.8. The summed E-state index contributed by atoms with van der Waals surface area (Å²) in [5.74, 6) is 0.949. The molecule has 0 amide bonds. The highest BCUT2D eigenvalue weighted by Crippen LogP contribution is 2.18. The highest BCUT2D eigenvalue weighted by molar-refractivity contribution is 5.80. The maximum atomic E-state index is 6.15. The van der Waals surface area contributed by atoms with Crippen LogP contribution in [0.2, 0.25) is 0 Å². The fourth-order valence-electron chi connectivity index (χ4n) is 4.24. The third-order valence-corrected chi connectivity index (χ3v) is 5.96. The summed E-state index contributed by atoms with van der Waals surface area (Å²) in [4.78, 5) is 11.0. The minimum atomic E-state index is 0.293. The van der Waals surface area contributed by atoms with Crippen molar-refractivity contribution in [2.75, 3.05) is 33.4 Å². The van der Waals surface area contributed by atoms with Crippen LogP contribution in [0.15, 0.2) is 48.0 Å². The van der Waals surface area contributed by atoms with Crippen molar-refractivity contribution in [1.29, 1.82) is 0 Å². The van der Waals surface area contributed by atoms with Crippen LogP contribution in [0.25, 0.3) is 5.69 Å². The van der Waals surface area contributed by atoms with Gasteiger partial charge in [0.25, 0.3) is 0 Å². The molecule has 2 saturated heterocycles. The number of piperidine rings is 1. The Morgan fingerprint density at radius 3 is 2.83 bits per heavy atom. The molecule has 0 bridgehead atoms. The molecule has 30 heavy (non-hydrogen) atoms. The molecule has 2 aliphatic rings. The summed E-state index contributed by atoms with van der Waals surface area (Å²) in [5, 5.41) is 3.54. The van der Waals surface area contributed by atoms with Crippen LogP contribution in [0.4, 0.5) is 0 Å². The summed E-state index contributed by atoms with van der Waals surface area (Å²) in [6.07, 6.45) is 11.9. The lowest BCUT2D eigenvalue weighted by Crippen LogP contribution is -2.47. The predicted octanol–water partition coefficient (Wildman–Crippen LogP) is 3.00. The highest BCUT2D eigenvalue weighted by Gasteiger charge is 2.23. The molecule has 0 radical (unpaired) electrons. The molecule has 3 heterocycles. The number of ether oxygens (including phenoxy) is 2. The average Bonchev–Trinajstić information content (AvgIpc) is 3.35. The lowest BCUT2D eigenvalue weighted by molar-refractivity contribution is -0.0721. The van der Waals surface area contributed by atoms with Gasteiger partial charge in [-0.1, -0.05) is 18.2 Å². The second kappa shape index (κ2) is 10.6. The molecule has 7 heteroatoms. The minimum Gasteiger partial charge on any atom is -0.376 e. The van der Waals surface area contributed by atoms with E-state index in [1.807, 2.05) is 24.1 Å². The molecule has 1 aromatic carbocycles. The Bertz CT molecular complexity index is 794. The Morgan fingerprint density at radius 2 is 2.10 bits per heavy atom. The van der Waals surface area contributed by atoms with E-state index < -0.39 is 0 Å². The maximum absolute atomic E-state index is 6.15. The van der Waals surface area contributed by atoms with Gasteiger partial charge in [0.15, 0.2) is 5.96 Å². The van der Waals surface area contributed by atoms with Gasteiger partial charge < -0.3 is 24.3 Å². The van der Waals surface area contributed by atoms with Crippen molar-refractivity contribution in [3.8, 4) is 5.69 Å². The largest absolute Gasteiger partial charge is 0.376 e. The van der Waals surface area contributed by atoms with Crippen LogP contribution in [0, 0.1) is 0 Å². The molecule has 2 aliphatic heterocycles. The van der Waals surface area contributed by atoms with Gasteiger partial charge in [0.1, 0.15) is 0 Å². The smallest absolute Gasteiger partial charge is 0.193 e. The Kier molecular flexibility index (Phi) is 7.37. The number of rotatable bonds is 6. The van der Waals surface area contributed by atoms with Crippen LogP contribution in [-0.2, 0) is 16.0 Å². The number of nitrogens with zero attached hydrogens (tertiary/aromatic N) is 4. The summed E-state index contributed by atoms with van der Waals surface area (Å²) >= 11 is 0. The first kappa shape index (κ1) is 20.9. The molecule has 1 unspecified atom stereocenters. The Morgan fingerprint density at radius 1 is 1.23 bits per heavy atom. The van der Waals surface area contributed by atoms with Crippen molar-refractivity contribution in [2.24, 2.45) is 4.99 Å². The minimum absolute atomic E-state index is 0.293. The molecular formula is C23H33N5O2. The van der Waals surface area contributed by atoms with E-state index in [2.05, 4.69) is 44.5 Å². The molecule has 4 rings (SSSR count). The van der Waals surface area contributed by atoms with E-state index in [0.29, 0.717) is 12.2 Å². The van der Waals surface area contributed by atoms with Gasteiger partial charge in [-0.2, -0.15) is 0 Å². The van der Waals surface area contributed by atoms with E-state index in [4.69, 9.17) is 9.47 Å². The van der Waals surface area contributed by atoms with E-state index in [1.165, 1.54) is 18.4 Å². The van der Waals surface area contributed by atoms with Crippen LogP contribution < -0.4 is 5.32 Å². The number of aliphatic imine (C=N–C) groups is 1. The van der Waals surface area contributed by atoms with Gasteiger partial charge in [-0.15, -0.1) is 0 Å². The van der Waals surface area contributed by atoms with Crippen LogP contribution in [0.5, 0.6) is 0 Å². The zero-order chi connectivity index (χ0) is 20.6. The third kappa shape index (κ3) is 5.40. The van der Waals surface area contributed by atoms with E-state index >= 15 is 0 Å². The highest BCUT2D eigenvalue weighted by atomic mass is 16.5. The number of aromatic nitrogens is 2. The van der Waals surface area contributed by atoms with E-state index in [0.717, 1.165) is 63.8 Å². The van der Waals surface area contributed by atoms with Crippen molar-refractivity contribution in [1.82, 2.24) is 19.8 Å². The Balaban J connectivity index is 1.26. The van der Waals surface area contributed by atoms with Gasteiger partial charge in [0.05, 0.1) is 30.8 Å². The molecule has 1 N–H and O–H groups in total. The maximum Gasteiger partial charge on any atom is 0.193 e. The third-order valence-electron chi connectivity index (χ3n) is 5.96. The topological polar surface area (TPSA) is 63.9 Å². The fourth-order valence-corrected chi connectivity index (χ4v) is 4.24. The van der Waals surface area contributed by atoms with Gasteiger partial charge in [-0.25, -0.2) is 4.98 Å². The quantitative estimate of drug-likeness (QED) is 0.585. The number of nitrogens with one attached hydrogen (secondary N) is 1. The molecule has 7 nitrogen and oxygen atoms in total. The normalized spacial score (nSPS) is 21.0. The summed E-state index contributed by atoms with van der Waals surface area (Å²) in [5.41, 5.74) is 2.34. The zero-order valence-electron chi connectivity index (χ0n) is 17.9. The summed E-state index contributed by atoms with van der Waals surface area (Å²) in [6.45, 7) is 4.26. The lowest BCUT2D eigenvalue weighted by atomic mass is 10.1. The number of hydrogen-bond acceptors (Lipinski definition) is 4. The molecule has 2 aromatic rings. The van der Waals surface area contributed by atoms with Crippen molar-refractivity contribution in [2.45, 2.75) is 50.9 Å². The van der Waals surface area contributed by atoms with Gasteiger partial charge >= 0.3 is 0 Å². The molecule has 162 valence electrons. The lowest BCUT2D eigenvalue weighted by Gasteiger charge is -2.35. The fraction of sp³-hybridized carbons (Fsp3) is 0.565. The summed E-state index contributed by atoms with van der Waals surface area (Å²) in [6, 6.07) is 8.37. The van der Waals surface area contributed by atoms with Crippen LogP contribution >= 0.6 is 0 Å². The molecule has 1 aromatic heterocycles. The number of guanidine groups is 1. The van der Waals surface area contributed by atoms with E-state index in [-0.39, 0.29) is 0 Å². The van der Waals surface area contributed by atoms with Crippen LogP contribution in [0.1, 0.15) is 37.7 Å². The average molecular weight is 412 g/mol.